The van der Waals surface area contributed by atoms with Crippen molar-refractivity contribution in [2.75, 3.05) is 6.54 Å². The van der Waals surface area contributed by atoms with Gasteiger partial charge in [0.05, 0.1) is 11.7 Å². The SMILES string of the molecule is CC(CN)n1nccc1-c1ccccc1Br. The summed E-state index contributed by atoms with van der Waals surface area (Å²) in [5.74, 6) is 0. The second-order valence-corrected chi connectivity index (χ2v) is 4.58. The predicted octanol–water partition coefficient (Wildman–Crippen LogP) is 2.83. The van der Waals surface area contributed by atoms with Gasteiger partial charge in [-0.05, 0) is 19.1 Å². The van der Waals surface area contributed by atoms with Crippen LogP contribution in [0.15, 0.2) is 41.0 Å². The minimum Gasteiger partial charge on any atom is -0.328 e. The zero-order valence-electron chi connectivity index (χ0n) is 9.10. The molecule has 0 radical (unpaired) electrons. The van der Waals surface area contributed by atoms with Crippen LogP contribution in [0.5, 0.6) is 0 Å². The van der Waals surface area contributed by atoms with Crippen molar-refractivity contribution in [1.29, 1.82) is 0 Å². The molecule has 1 aromatic heterocycles. The van der Waals surface area contributed by atoms with Gasteiger partial charge in [0.15, 0.2) is 0 Å². The van der Waals surface area contributed by atoms with Crippen molar-refractivity contribution >= 4 is 15.9 Å². The smallest absolute Gasteiger partial charge is 0.0697 e. The van der Waals surface area contributed by atoms with E-state index in [1.54, 1.807) is 6.20 Å². The molecule has 0 aliphatic carbocycles. The average molecular weight is 280 g/mol. The fraction of sp³-hybridized carbons (Fsp3) is 0.250. The molecule has 0 spiro atoms. The van der Waals surface area contributed by atoms with Crippen molar-refractivity contribution in [3.63, 3.8) is 0 Å². The van der Waals surface area contributed by atoms with Gasteiger partial charge in [0.25, 0.3) is 0 Å². The number of halogens is 1. The summed E-state index contributed by atoms with van der Waals surface area (Å²) in [6.07, 6.45) is 1.81. The average Bonchev–Trinajstić information content (AvgIpc) is 2.77. The number of rotatable bonds is 3. The molecule has 0 amide bonds. The maximum Gasteiger partial charge on any atom is 0.0697 e. The van der Waals surface area contributed by atoms with Crippen LogP contribution in [0.25, 0.3) is 11.3 Å². The van der Waals surface area contributed by atoms with Gasteiger partial charge in [-0.25, -0.2) is 0 Å². The molecule has 4 heteroatoms. The molecule has 0 saturated carbocycles. The van der Waals surface area contributed by atoms with Crippen LogP contribution in [0.2, 0.25) is 0 Å². The van der Waals surface area contributed by atoms with Crippen molar-refractivity contribution < 1.29 is 0 Å². The van der Waals surface area contributed by atoms with E-state index in [1.165, 1.54) is 0 Å². The molecule has 0 fully saturated rings. The lowest BCUT2D eigenvalue weighted by Crippen LogP contribution is -2.17. The molecule has 1 aromatic carbocycles. The van der Waals surface area contributed by atoms with Crippen molar-refractivity contribution in [2.24, 2.45) is 5.73 Å². The van der Waals surface area contributed by atoms with Crippen LogP contribution in [0.1, 0.15) is 13.0 Å². The first kappa shape index (κ1) is 11.4. The molecule has 2 aromatic rings. The number of aromatic nitrogens is 2. The largest absolute Gasteiger partial charge is 0.328 e. The molecular weight excluding hydrogens is 266 g/mol. The maximum absolute atomic E-state index is 5.68. The third-order valence-corrected chi connectivity index (χ3v) is 3.27. The van der Waals surface area contributed by atoms with E-state index in [1.807, 2.05) is 28.9 Å². The monoisotopic (exact) mass is 279 g/mol. The number of hydrogen-bond donors (Lipinski definition) is 1. The molecule has 1 atom stereocenters. The first-order valence-corrected chi connectivity index (χ1v) is 6.02. The maximum atomic E-state index is 5.68. The molecule has 84 valence electrons. The number of benzene rings is 1. The van der Waals surface area contributed by atoms with Gasteiger partial charge >= 0.3 is 0 Å². The molecule has 2 N–H and O–H groups in total. The van der Waals surface area contributed by atoms with Gasteiger partial charge in [-0.1, -0.05) is 34.1 Å². The molecular formula is C12H14BrN3. The van der Waals surface area contributed by atoms with E-state index in [4.69, 9.17) is 5.73 Å². The Kier molecular flexibility index (Phi) is 3.41. The Balaban J connectivity index is 2.49. The molecule has 1 unspecified atom stereocenters. The Morgan fingerprint density at radius 1 is 1.38 bits per heavy atom. The highest BCUT2D eigenvalue weighted by molar-refractivity contribution is 9.10. The first-order valence-electron chi connectivity index (χ1n) is 5.22. The summed E-state index contributed by atoms with van der Waals surface area (Å²) in [4.78, 5) is 0. The van der Waals surface area contributed by atoms with Crippen molar-refractivity contribution in [2.45, 2.75) is 13.0 Å². The van der Waals surface area contributed by atoms with Crippen molar-refractivity contribution in [3.05, 3.63) is 41.0 Å². The molecule has 1 heterocycles. The molecule has 0 saturated heterocycles. The zero-order valence-corrected chi connectivity index (χ0v) is 10.7. The van der Waals surface area contributed by atoms with Gasteiger partial charge in [-0.15, -0.1) is 0 Å². The van der Waals surface area contributed by atoms with Crippen LogP contribution in [0.3, 0.4) is 0 Å². The zero-order chi connectivity index (χ0) is 11.5. The Morgan fingerprint density at radius 3 is 2.81 bits per heavy atom. The summed E-state index contributed by atoms with van der Waals surface area (Å²) in [5.41, 5.74) is 7.90. The molecule has 0 bridgehead atoms. The number of nitrogens with zero attached hydrogens (tertiary/aromatic N) is 2. The summed E-state index contributed by atoms with van der Waals surface area (Å²) in [6.45, 7) is 2.65. The van der Waals surface area contributed by atoms with Gasteiger partial charge in [0.1, 0.15) is 0 Å². The van der Waals surface area contributed by atoms with Gasteiger partial charge in [0.2, 0.25) is 0 Å². The normalized spacial score (nSPS) is 12.7. The summed E-state index contributed by atoms with van der Waals surface area (Å²) < 4.78 is 3.03. The van der Waals surface area contributed by atoms with Crippen molar-refractivity contribution in [1.82, 2.24) is 9.78 Å². The molecule has 3 nitrogen and oxygen atoms in total. The highest BCUT2D eigenvalue weighted by Crippen LogP contribution is 2.28. The van der Waals surface area contributed by atoms with Gasteiger partial charge < -0.3 is 5.73 Å². The van der Waals surface area contributed by atoms with E-state index in [-0.39, 0.29) is 6.04 Å². The van der Waals surface area contributed by atoms with E-state index < -0.39 is 0 Å². The Morgan fingerprint density at radius 2 is 2.12 bits per heavy atom. The Hall–Kier alpha value is -1.13. The topological polar surface area (TPSA) is 43.8 Å². The lowest BCUT2D eigenvalue weighted by Gasteiger charge is -2.14. The van der Waals surface area contributed by atoms with Crippen LogP contribution in [-0.4, -0.2) is 16.3 Å². The van der Waals surface area contributed by atoms with Gasteiger partial charge in [0, 0.05) is 22.8 Å². The standard InChI is InChI=1S/C12H14BrN3/c1-9(8-14)16-12(6-7-15-16)10-4-2-3-5-11(10)13/h2-7,9H,8,14H2,1H3. The number of hydrogen-bond acceptors (Lipinski definition) is 2. The van der Waals surface area contributed by atoms with E-state index in [0.29, 0.717) is 6.54 Å². The number of nitrogens with two attached hydrogens (primary N) is 1. The quantitative estimate of drug-likeness (QED) is 0.939. The van der Waals surface area contributed by atoms with Crippen LogP contribution < -0.4 is 5.73 Å². The predicted molar refractivity (Wildman–Crippen MR) is 69.1 cm³/mol. The lowest BCUT2D eigenvalue weighted by atomic mass is 10.1. The molecule has 2 rings (SSSR count). The molecule has 16 heavy (non-hydrogen) atoms. The summed E-state index contributed by atoms with van der Waals surface area (Å²) in [7, 11) is 0. The third-order valence-electron chi connectivity index (χ3n) is 2.58. The minimum atomic E-state index is 0.206. The van der Waals surface area contributed by atoms with E-state index in [0.717, 1.165) is 15.7 Å². The van der Waals surface area contributed by atoms with Gasteiger partial charge in [-0.3, -0.25) is 4.68 Å². The second-order valence-electron chi connectivity index (χ2n) is 3.73. The second kappa shape index (κ2) is 4.80. The van der Waals surface area contributed by atoms with Crippen LogP contribution in [0, 0.1) is 0 Å². The van der Waals surface area contributed by atoms with Crippen LogP contribution >= 0.6 is 15.9 Å². The first-order chi connectivity index (χ1) is 7.74. The third kappa shape index (κ3) is 2.03. The lowest BCUT2D eigenvalue weighted by molar-refractivity contribution is 0.506. The minimum absolute atomic E-state index is 0.206. The fourth-order valence-corrected chi connectivity index (χ4v) is 2.14. The van der Waals surface area contributed by atoms with Crippen LogP contribution in [0.4, 0.5) is 0 Å². The van der Waals surface area contributed by atoms with Gasteiger partial charge in [-0.2, -0.15) is 5.10 Å². The molecule has 0 aliphatic heterocycles. The summed E-state index contributed by atoms with van der Waals surface area (Å²) >= 11 is 3.55. The highest BCUT2D eigenvalue weighted by atomic mass is 79.9. The van der Waals surface area contributed by atoms with E-state index in [9.17, 15) is 0 Å². The van der Waals surface area contributed by atoms with Crippen LogP contribution in [-0.2, 0) is 0 Å². The molecule has 0 aliphatic rings. The summed E-state index contributed by atoms with van der Waals surface area (Å²) in [5, 5.41) is 4.32. The Labute approximate surface area is 103 Å². The van der Waals surface area contributed by atoms with E-state index >= 15 is 0 Å². The fourth-order valence-electron chi connectivity index (χ4n) is 1.65. The van der Waals surface area contributed by atoms with Crippen molar-refractivity contribution in [3.8, 4) is 11.3 Å². The van der Waals surface area contributed by atoms with E-state index in [2.05, 4.69) is 34.0 Å². The highest BCUT2D eigenvalue weighted by Gasteiger charge is 2.11. The Bertz CT molecular complexity index is 479. The summed E-state index contributed by atoms with van der Waals surface area (Å²) in [6, 6.07) is 10.3.